The normalized spacial score (nSPS) is 12.1. The minimum absolute atomic E-state index is 0.336. The highest BCUT2D eigenvalue weighted by molar-refractivity contribution is 7.09. The fourth-order valence-corrected chi connectivity index (χ4v) is 2.69. The zero-order chi connectivity index (χ0) is 16.1. The fraction of sp³-hybridized carbons (Fsp3) is 0.400. The summed E-state index contributed by atoms with van der Waals surface area (Å²) in [5.41, 5.74) is 1.96. The first-order valence-electron chi connectivity index (χ1n) is 7.15. The number of nitrogens with zero attached hydrogens (tertiary/aromatic N) is 1. The number of aromatic amines is 1. The van der Waals surface area contributed by atoms with Gasteiger partial charge >= 0.3 is 5.97 Å². The van der Waals surface area contributed by atoms with Crippen LogP contribution in [0.3, 0.4) is 0 Å². The molecule has 2 aromatic heterocycles. The molecule has 2 rings (SSSR count). The average molecular weight is 321 g/mol. The summed E-state index contributed by atoms with van der Waals surface area (Å²) in [7, 11) is 0. The van der Waals surface area contributed by atoms with Crippen LogP contribution in [0, 0.1) is 6.92 Å². The van der Waals surface area contributed by atoms with E-state index >= 15 is 0 Å². The second-order valence-corrected chi connectivity index (χ2v) is 6.12. The summed E-state index contributed by atoms with van der Waals surface area (Å²) in [6, 6.07) is 0.823. The Kier molecular flexibility index (Phi) is 5.32. The fourth-order valence-electron chi connectivity index (χ4n) is 2.07. The summed E-state index contributed by atoms with van der Waals surface area (Å²) in [4.78, 5) is 30.5. The molecule has 1 unspecified atom stereocenters. The van der Waals surface area contributed by atoms with Crippen molar-refractivity contribution in [2.24, 2.45) is 0 Å². The van der Waals surface area contributed by atoms with Gasteiger partial charge in [-0.15, -0.1) is 11.3 Å². The Labute approximate surface area is 132 Å². The van der Waals surface area contributed by atoms with Gasteiger partial charge in [-0.05, 0) is 19.4 Å². The summed E-state index contributed by atoms with van der Waals surface area (Å²) in [5.74, 6) is -1.43. The summed E-state index contributed by atoms with van der Waals surface area (Å²) in [6.07, 6.45) is 3.77. The van der Waals surface area contributed by atoms with Gasteiger partial charge in [0.25, 0.3) is 5.91 Å². The predicted molar refractivity (Wildman–Crippen MR) is 85.1 cm³/mol. The second-order valence-electron chi connectivity index (χ2n) is 5.06. The van der Waals surface area contributed by atoms with Crippen molar-refractivity contribution in [2.45, 2.75) is 39.2 Å². The Bertz CT molecular complexity index is 663. The van der Waals surface area contributed by atoms with Gasteiger partial charge < -0.3 is 15.4 Å². The lowest BCUT2D eigenvalue weighted by molar-refractivity contribution is -0.139. The number of carboxylic acids is 1. The van der Waals surface area contributed by atoms with Crippen LogP contribution >= 0.6 is 11.3 Å². The maximum atomic E-state index is 12.1. The monoisotopic (exact) mass is 321 g/mol. The number of hydrogen-bond donors (Lipinski definition) is 3. The quantitative estimate of drug-likeness (QED) is 0.731. The lowest BCUT2D eigenvalue weighted by atomic mass is 10.1. The van der Waals surface area contributed by atoms with Crippen LogP contribution in [0.25, 0.3) is 11.3 Å². The molecule has 0 fully saturated rings. The van der Waals surface area contributed by atoms with Gasteiger partial charge in [0.05, 0.1) is 10.7 Å². The van der Waals surface area contributed by atoms with Crippen molar-refractivity contribution in [2.75, 3.05) is 0 Å². The third-order valence-electron chi connectivity index (χ3n) is 3.29. The molecule has 0 aromatic carbocycles. The van der Waals surface area contributed by atoms with Crippen LogP contribution in [0.4, 0.5) is 0 Å². The number of unbranched alkanes of at least 4 members (excludes halogenated alkanes) is 1. The first kappa shape index (κ1) is 16.2. The maximum absolute atomic E-state index is 12.1. The molecule has 3 N–H and O–H groups in total. The summed E-state index contributed by atoms with van der Waals surface area (Å²) < 4.78 is 0. The van der Waals surface area contributed by atoms with E-state index in [1.807, 2.05) is 19.2 Å². The summed E-state index contributed by atoms with van der Waals surface area (Å²) in [6.45, 7) is 3.90. The van der Waals surface area contributed by atoms with E-state index < -0.39 is 17.9 Å². The number of aromatic nitrogens is 2. The highest BCUT2D eigenvalue weighted by atomic mass is 32.1. The molecular formula is C15H19N3O3S. The van der Waals surface area contributed by atoms with Crippen LogP contribution in [0.2, 0.25) is 0 Å². The van der Waals surface area contributed by atoms with Crippen molar-refractivity contribution in [1.29, 1.82) is 0 Å². The molecule has 2 heterocycles. The van der Waals surface area contributed by atoms with E-state index in [0.29, 0.717) is 12.1 Å². The molecule has 0 bridgehead atoms. The topological polar surface area (TPSA) is 95.1 Å². The van der Waals surface area contributed by atoms with Gasteiger partial charge in [0.1, 0.15) is 11.7 Å². The minimum atomic E-state index is -1.01. The summed E-state index contributed by atoms with van der Waals surface area (Å²) >= 11 is 1.54. The van der Waals surface area contributed by atoms with Crippen molar-refractivity contribution in [1.82, 2.24) is 15.3 Å². The average Bonchev–Trinajstić information content (AvgIpc) is 3.11. The number of carbonyl (C=O) groups excluding carboxylic acids is 1. The number of aryl methyl sites for hydroxylation is 1. The van der Waals surface area contributed by atoms with Crippen LogP contribution in [-0.2, 0) is 4.79 Å². The van der Waals surface area contributed by atoms with Crippen molar-refractivity contribution in [3.63, 3.8) is 0 Å². The molecule has 1 atom stereocenters. The van der Waals surface area contributed by atoms with Gasteiger partial charge in [-0.3, -0.25) is 4.79 Å². The van der Waals surface area contributed by atoms with Crippen molar-refractivity contribution >= 4 is 23.2 Å². The Balaban J connectivity index is 2.06. The Morgan fingerprint density at radius 3 is 2.86 bits per heavy atom. The number of hydrogen-bond acceptors (Lipinski definition) is 4. The van der Waals surface area contributed by atoms with Gasteiger partial charge in [0, 0.05) is 17.1 Å². The van der Waals surface area contributed by atoms with Crippen LogP contribution in [0.1, 0.15) is 41.7 Å². The standard InChI is InChI=1S/C15H19N3O3S/c1-3-4-5-11(15(20)21)18-14(19)12-6-10(7-16-12)13-8-22-9(2)17-13/h6-8,11,16H,3-5H2,1-2H3,(H,18,19)(H,20,21). The van der Waals surface area contributed by atoms with Gasteiger partial charge in [0.2, 0.25) is 0 Å². The van der Waals surface area contributed by atoms with Crippen LogP contribution in [0.5, 0.6) is 0 Å². The van der Waals surface area contributed by atoms with E-state index in [0.717, 1.165) is 29.1 Å². The highest BCUT2D eigenvalue weighted by Gasteiger charge is 2.21. The SMILES string of the molecule is CCCCC(NC(=O)c1cc(-c2csc(C)n2)c[nH]1)C(=O)O. The van der Waals surface area contributed by atoms with Crippen LogP contribution < -0.4 is 5.32 Å². The molecule has 0 aliphatic heterocycles. The second kappa shape index (κ2) is 7.22. The molecule has 1 amide bonds. The zero-order valence-corrected chi connectivity index (χ0v) is 13.4. The Hall–Kier alpha value is -2.15. The number of thiazole rings is 1. The highest BCUT2D eigenvalue weighted by Crippen LogP contribution is 2.22. The van der Waals surface area contributed by atoms with Gasteiger partial charge in [-0.2, -0.15) is 0 Å². The van der Waals surface area contributed by atoms with E-state index in [-0.39, 0.29) is 0 Å². The number of nitrogens with one attached hydrogen (secondary N) is 2. The van der Waals surface area contributed by atoms with E-state index in [2.05, 4.69) is 15.3 Å². The molecule has 7 heteroatoms. The number of carboxylic acid groups (broad SMARTS) is 1. The molecule has 0 spiro atoms. The van der Waals surface area contributed by atoms with Gasteiger partial charge in [-0.1, -0.05) is 19.8 Å². The van der Waals surface area contributed by atoms with Crippen LogP contribution in [-0.4, -0.2) is 33.0 Å². The molecule has 6 nitrogen and oxygen atoms in total. The third-order valence-corrected chi connectivity index (χ3v) is 4.07. The molecule has 0 radical (unpaired) electrons. The van der Waals surface area contributed by atoms with Crippen molar-refractivity contribution in [3.05, 3.63) is 28.3 Å². The third kappa shape index (κ3) is 3.94. The number of aliphatic carboxylic acids is 1. The Morgan fingerprint density at radius 1 is 1.50 bits per heavy atom. The molecule has 0 saturated heterocycles. The van der Waals surface area contributed by atoms with Crippen molar-refractivity contribution < 1.29 is 14.7 Å². The first-order chi connectivity index (χ1) is 10.5. The largest absolute Gasteiger partial charge is 0.480 e. The maximum Gasteiger partial charge on any atom is 0.326 e. The zero-order valence-electron chi connectivity index (χ0n) is 12.5. The van der Waals surface area contributed by atoms with Crippen LogP contribution in [0.15, 0.2) is 17.6 Å². The number of amides is 1. The number of rotatable bonds is 7. The smallest absolute Gasteiger partial charge is 0.326 e. The number of carbonyl (C=O) groups is 2. The summed E-state index contributed by atoms with van der Waals surface area (Å²) in [5, 5.41) is 14.6. The van der Waals surface area contributed by atoms with E-state index in [1.54, 1.807) is 12.3 Å². The molecule has 2 aromatic rings. The minimum Gasteiger partial charge on any atom is -0.480 e. The van der Waals surface area contributed by atoms with E-state index in [1.165, 1.54) is 11.3 Å². The van der Waals surface area contributed by atoms with Gasteiger partial charge in [0.15, 0.2) is 0 Å². The molecule has 0 aliphatic rings. The number of H-pyrrole nitrogens is 1. The molecule has 118 valence electrons. The lowest BCUT2D eigenvalue weighted by Crippen LogP contribution is -2.40. The molecule has 0 saturated carbocycles. The molecule has 22 heavy (non-hydrogen) atoms. The van der Waals surface area contributed by atoms with Gasteiger partial charge in [-0.25, -0.2) is 9.78 Å². The molecular weight excluding hydrogens is 302 g/mol. The van der Waals surface area contributed by atoms with Crippen molar-refractivity contribution in [3.8, 4) is 11.3 Å². The lowest BCUT2D eigenvalue weighted by Gasteiger charge is -2.13. The Morgan fingerprint density at radius 2 is 2.27 bits per heavy atom. The molecule has 0 aliphatic carbocycles. The first-order valence-corrected chi connectivity index (χ1v) is 8.03. The predicted octanol–water partition coefficient (Wildman–Crippen LogP) is 2.82. The van der Waals surface area contributed by atoms with E-state index in [9.17, 15) is 9.59 Å². The van der Waals surface area contributed by atoms with E-state index in [4.69, 9.17) is 5.11 Å².